The molecule has 0 aromatic carbocycles. The van der Waals surface area contributed by atoms with E-state index in [1.165, 1.54) is 87.7 Å². The van der Waals surface area contributed by atoms with Crippen molar-refractivity contribution in [3.05, 3.63) is 0 Å². The van der Waals surface area contributed by atoms with Gasteiger partial charge in [0.2, 0.25) is 0 Å². The molecule has 2 atom stereocenters. The molecule has 35 heavy (non-hydrogen) atoms. The van der Waals surface area contributed by atoms with Crippen LogP contribution in [0.5, 0.6) is 0 Å². The number of carboxylic acids is 2. The van der Waals surface area contributed by atoms with Gasteiger partial charge in [0.25, 0.3) is 0 Å². The Morgan fingerprint density at radius 2 is 0.914 bits per heavy atom. The standard InChI is InChI=1S/2C10H20O2S.2C4H9.Sn/c2*1-3-5-6-7-8-13-9(4-2)10(11)12;2*1-3-4-2;/h2*9H,3-8H2,1-2H3,(H,11,12);2*1,3-4H2,2H3;/q;;;;+2/p-2. The van der Waals surface area contributed by atoms with Crippen LogP contribution in [0.3, 0.4) is 0 Å². The predicted octanol–water partition coefficient (Wildman–Crippen LogP) is 6.78. The Balaban J connectivity index is -0.000000448. The van der Waals surface area contributed by atoms with Gasteiger partial charge in [0.05, 0.1) is 11.9 Å². The van der Waals surface area contributed by atoms with Crippen LogP contribution in [0.4, 0.5) is 0 Å². The van der Waals surface area contributed by atoms with Crippen molar-refractivity contribution < 1.29 is 19.8 Å². The molecule has 2 unspecified atom stereocenters. The van der Waals surface area contributed by atoms with Crippen molar-refractivity contribution in [2.75, 3.05) is 11.5 Å². The molecule has 0 bridgehead atoms. The van der Waals surface area contributed by atoms with Crippen LogP contribution in [0.15, 0.2) is 0 Å². The summed E-state index contributed by atoms with van der Waals surface area (Å²) < 4.78 is 3.25. The number of carbonyl (C=O) groups is 2. The Bertz CT molecular complexity index is 401. The van der Waals surface area contributed by atoms with Crippen LogP contribution >= 0.6 is 23.5 Å². The van der Waals surface area contributed by atoms with E-state index >= 15 is 0 Å². The summed E-state index contributed by atoms with van der Waals surface area (Å²) in [7, 11) is 0. The molecule has 0 amide bonds. The molecular formula is C28H56O4S2Sn. The Hall–Kier alpha value is 0.439. The summed E-state index contributed by atoms with van der Waals surface area (Å²) in [6.45, 7) is 12.7. The summed E-state index contributed by atoms with van der Waals surface area (Å²) in [6.07, 6.45) is 16.8. The van der Waals surface area contributed by atoms with E-state index in [0.717, 1.165) is 24.3 Å². The van der Waals surface area contributed by atoms with E-state index in [-0.39, 0.29) is 31.6 Å². The number of hydrogen-bond donors (Lipinski definition) is 0. The van der Waals surface area contributed by atoms with E-state index in [2.05, 4.69) is 27.7 Å². The van der Waals surface area contributed by atoms with Gasteiger partial charge in [-0.15, -0.1) is 0 Å². The first-order chi connectivity index (χ1) is 16.9. The molecule has 0 aromatic heterocycles. The van der Waals surface area contributed by atoms with Gasteiger partial charge in [-0.25, -0.2) is 0 Å². The summed E-state index contributed by atoms with van der Waals surface area (Å²) in [6, 6.07) is 0. The molecule has 0 saturated heterocycles. The van der Waals surface area contributed by atoms with Crippen LogP contribution < -0.4 is 10.2 Å². The second-order valence-corrected chi connectivity index (χ2v) is 15.7. The van der Waals surface area contributed by atoms with E-state index in [4.69, 9.17) is 0 Å². The second kappa shape index (κ2) is 34.4. The van der Waals surface area contributed by atoms with Crippen molar-refractivity contribution in [2.24, 2.45) is 0 Å². The average molecular weight is 640 g/mol. The molecule has 0 N–H and O–H groups in total. The van der Waals surface area contributed by atoms with Crippen molar-refractivity contribution in [3.8, 4) is 0 Å². The van der Waals surface area contributed by atoms with Gasteiger partial charge in [-0.1, -0.05) is 66.2 Å². The van der Waals surface area contributed by atoms with Crippen molar-refractivity contribution in [2.45, 2.75) is 151 Å². The fraction of sp³-hybridized carbons (Fsp3) is 0.929. The third-order valence-electron chi connectivity index (χ3n) is 5.32. The van der Waals surface area contributed by atoms with Gasteiger partial charge < -0.3 is 19.8 Å². The van der Waals surface area contributed by atoms with Crippen LogP contribution in [0.1, 0.15) is 131 Å². The summed E-state index contributed by atoms with van der Waals surface area (Å²) >= 11 is 3.19. The number of unbranched alkanes of at least 4 members (excludes halogenated alkanes) is 8. The van der Waals surface area contributed by atoms with Gasteiger partial charge in [0.15, 0.2) is 0 Å². The van der Waals surface area contributed by atoms with Crippen molar-refractivity contribution in [1.29, 1.82) is 0 Å². The fourth-order valence-corrected chi connectivity index (χ4v) is 9.16. The quantitative estimate of drug-likeness (QED) is 0.0960. The van der Waals surface area contributed by atoms with Crippen molar-refractivity contribution in [1.82, 2.24) is 0 Å². The number of aliphatic carboxylic acids is 2. The van der Waals surface area contributed by atoms with Crippen molar-refractivity contribution in [3.63, 3.8) is 0 Å². The molecule has 208 valence electrons. The maximum atomic E-state index is 10.5. The molecule has 7 heteroatoms. The molecule has 0 aromatic rings. The van der Waals surface area contributed by atoms with Gasteiger partial charge in [-0.2, -0.15) is 23.5 Å². The zero-order chi connectivity index (χ0) is 27.2. The Morgan fingerprint density at radius 3 is 1.17 bits per heavy atom. The van der Waals surface area contributed by atoms with Gasteiger partial charge >= 0.3 is 69.5 Å². The molecule has 0 fully saturated rings. The Morgan fingerprint density at radius 1 is 0.571 bits per heavy atom. The van der Waals surface area contributed by atoms with Crippen molar-refractivity contribution >= 4 is 56.6 Å². The summed E-state index contributed by atoms with van der Waals surface area (Å²) in [5.74, 6) is 0.0740. The molecule has 0 saturated carbocycles. The van der Waals surface area contributed by atoms with Gasteiger partial charge in [-0.3, -0.25) is 0 Å². The molecule has 4 nitrogen and oxygen atoms in total. The topological polar surface area (TPSA) is 80.3 Å². The summed E-state index contributed by atoms with van der Waals surface area (Å²) in [5.41, 5.74) is 0. The zero-order valence-corrected chi connectivity index (χ0v) is 28.3. The number of carboxylic acid groups (broad SMARTS) is 2. The van der Waals surface area contributed by atoms with E-state index in [1.807, 2.05) is 13.8 Å². The first kappa shape index (κ1) is 39.9. The average Bonchev–Trinajstić information content (AvgIpc) is 2.84. The fourth-order valence-electron chi connectivity index (χ4n) is 2.94. The minimum atomic E-state index is -0.914. The van der Waals surface area contributed by atoms with E-state index < -0.39 is 11.9 Å². The number of thioether (sulfide) groups is 2. The summed E-state index contributed by atoms with van der Waals surface area (Å²) in [5, 5.41) is 20.4. The first-order valence-electron chi connectivity index (χ1n) is 14.2. The van der Waals surface area contributed by atoms with Crippen LogP contribution in [0.2, 0.25) is 8.87 Å². The molecule has 0 rings (SSSR count). The Kier molecular flexibility index (Phi) is 39.3. The monoisotopic (exact) mass is 640 g/mol. The minimum absolute atomic E-state index is 0.149. The van der Waals surface area contributed by atoms with E-state index in [9.17, 15) is 19.8 Å². The molecule has 0 aliphatic carbocycles. The summed E-state index contributed by atoms with van der Waals surface area (Å²) in [4.78, 5) is 21.0. The van der Waals surface area contributed by atoms with Crippen LogP contribution in [-0.4, -0.2) is 55.1 Å². The van der Waals surface area contributed by atoms with Crippen LogP contribution in [0.25, 0.3) is 0 Å². The predicted molar refractivity (Wildman–Crippen MR) is 157 cm³/mol. The second-order valence-electron chi connectivity index (χ2n) is 8.75. The molecule has 0 spiro atoms. The molecule has 0 heterocycles. The third kappa shape index (κ3) is 34.4. The Labute approximate surface area is 237 Å². The number of rotatable bonds is 22. The van der Waals surface area contributed by atoms with Gasteiger partial charge in [-0.05, 0) is 37.2 Å². The first-order valence-corrected chi connectivity index (χ1v) is 20.3. The van der Waals surface area contributed by atoms with Crippen LogP contribution in [0, 0.1) is 0 Å². The van der Waals surface area contributed by atoms with E-state index in [1.54, 1.807) is 8.87 Å². The number of carbonyl (C=O) groups excluding carboxylic acids is 2. The van der Waals surface area contributed by atoms with Gasteiger partial charge in [0.1, 0.15) is 0 Å². The normalized spacial score (nSPS) is 11.8. The maximum absolute atomic E-state index is 10.5. The number of hydrogen-bond acceptors (Lipinski definition) is 6. The van der Waals surface area contributed by atoms with Crippen LogP contribution in [-0.2, 0) is 9.59 Å². The molecule has 0 radical (unpaired) electrons. The zero-order valence-electron chi connectivity index (χ0n) is 23.8. The molecular weight excluding hydrogens is 583 g/mol. The third-order valence-corrected chi connectivity index (χ3v) is 12.3. The van der Waals surface area contributed by atoms with E-state index in [0.29, 0.717) is 12.8 Å². The molecule has 0 aliphatic rings. The van der Waals surface area contributed by atoms with Gasteiger partial charge in [0, 0.05) is 10.5 Å². The molecule has 0 aliphatic heterocycles. The SMILES string of the molecule is CCCCCCSC(CC)C(=O)[O-].CCCCCCSC(CC)C(=O)[O-].CCC[CH2][Sn+2][CH2]CCC.